The molecule has 0 aromatic rings. The third-order valence-electron chi connectivity index (χ3n) is 4.39. The maximum atomic E-state index is 3.82. The molecule has 0 bridgehead atoms. The molecule has 1 aliphatic carbocycles. The molecule has 2 fully saturated rings. The molecule has 1 heterocycles. The van der Waals surface area contributed by atoms with Crippen molar-refractivity contribution < 1.29 is 0 Å². The smallest absolute Gasteiger partial charge is 0.00818 e. The number of hydrogen-bond acceptors (Lipinski definition) is 2. The van der Waals surface area contributed by atoms with Crippen molar-refractivity contribution in [2.24, 2.45) is 5.92 Å². The first-order chi connectivity index (χ1) is 7.79. The minimum absolute atomic E-state index is 0.727. The number of nitrogens with zero attached hydrogens (tertiary/aromatic N) is 1. The van der Waals surface area contributed by atoms with Crippen LogP contribution in [-0.2, 0) is 0 Å². The first kappa shape index (κ1) is 12.4. The fourth-order valence-electron chi connectivity index (χ4n) is 3.10. The summed E-state index contributed by atoms with van der Waals surface area (Å²) in [5.41, 5.74) is 0. The van der Waals surface area contributed by atoms with Gasteiger partial charge >= 0.3 is 0 Å². The second-order valence-corrected chi connectivity index (χ2v) is 5.79. The first-order valence-electron chi connectivity index (χ1n) is 7.28. The van der Waals surface area contributed by atoms with Crippen LogP contribution in [0.25, 0.3) is 0 Å². The van der Waals surface area contributed by atoms with Gasteiger partial charge in [-0.2, -0.15) is 0 Å². The van der Waals surface area contributed by atoms with Crippen LogP contribution in [0.4, 0.5) is 0 Å². The van der Waals surface area contributed by atoms with Gasteiger partial charge in [0.05, 0.1) is 0 Å². The van der Waals surface area contributed by atoms with Gasteiger partial charge in [0.15, 0.2) is 0 Å². The average molecular weight is 224 g/mol. The zero-order valence-electron chi connectivity index (χ0n) is 11.0. The number of likely N-dealkylation sites (tertiary alicyclic amines) is 1. The van der Waals surface area contributed by atoms with Gasteiger partial charge in [-0.1, -0.05) is 13.3 Å². The largest absolute Gasteiger partial charge is 0.311 e. The van der Waals surface area contributed by atoms with Crippen LogP contribution in [0.15, 0.2) is 0 Å². The molecule has 0 aromatic carbocycles. The van der Waals surface area contributed by atoms with E-state index in [2.05, 4.69) is 24.1 Å². The van der Waals surface area contributed by atoms with E-state index in [1.807, 2.05) is 0 Å². The zero-order valence-corrected chi connectivity index (χ0v) is 11.0. The van der Waals surface area contributed by atoms with Crippen molar-refractivity contribution in [2.75, 3.05) is 19.6 Å². The number of rotatable bonds is 5. The third kappa shape index (κ3) is 3.21. The Balaban J connectivity index is 1.73. The van der Waals surface area contributed by atoms with Gasteiger partial charge in [0, 0.05) is 18.6 Å². The first-order valence-corrected chi connectivity index (χ1v) is 7.28. The fourth-order valence-corrected chi connectivity index (χ4v) is 3.10. The topological polar surface area (TPSA) is 15.3 Å². The Morgan fingerprint density at radius 2 is 2.06 bits per heavy atom. The van der Waals surface area contributed by atoms with Crippen molar-refractivity contribution >= 4 is 0 Å². The van der Waals surface area contributed by atoms with Crippen LogP contribution in [0.3, 0.4) is 0 Å². The van der Waals surface area contributed by atoms with E-state index in [1.54, 1.807) is 0 Å². The second kappa shape index (κ2) is 6.02. The maximum absolute atomic E-state index is 3.82. The highest BCUT2D eigenvalue weighted by molar-refractivity contribution is 4.85. The highest BCUT2D eigenvalue weighted by Gasteiger charge is 2.27. The molecular weight excluding hydrogens is 196 g/mol. The Hall–Kier alpha value is -0.0800. The normalized spacial score (nSPS) is 30.0. The van der Waals surface area contributed by atoms with E-state index in [-0.39, 0.29) is 0 Å². The van der Waals surface area contributed by atoms with Crippen LogP contribution in [0, 0.1) is 5.92 Å². The van der Waals surface area contributed by atoms with E-state index in [1.165, 1.54) is 58.2 Å². The van der Waals surface area contributed by atoms with Gasteiger partial charge < -0.3 is 10.2 Å². The van der Waals surface area contributed by atoms with Crippen molar-refractivity contribution in [3.8, 4) is 0 Å². The summed E-state index contributed by atoms with van der Waals surface area (Å²) in [6, 6.07) is 1.57. The van der Waals surface area contributed by atoms with Gasteiger partial charge in [0.1, 0.15) is 0 Å². The third-order valence-corrected chi connectivity index (χ3v) is 4.39. The Labute approximate surface area is 101 Å². The van der Waals surface area contributed by atoms with Crippen molar-refractivity contribution in [2.45, 2.75) is 64.5 Å². The average Bonchev–Trinajstić information content (AvgIpc) is 2.24. The van der Waals surface area contributed by atoms with E-state index in [4.69, 9.17) is 0 Å². The molecule has 1 aliphatic heterocycles. The molecule has 2 nitrogen and oxygen atoms in total. The quantitative estimate of drug-likeness (QED) is 0.772. The molecule has 2 rings (SSSR count). The molecule has 16 heavy (non-hydrogen) atoms. The lowest BCUT2D eigenvalue weighted by molar-refractivity contribution is 0.139. The number of piperidine rings is 1. The van der Waals surface area contributed by atoms with Gasteiger partial charge in [-0.05, 0) is 58.0 Å². The van der Waals surface area contributed by atoms with Crippen LogP contribution in [-0.4, -0.2) is 36.6 Å². The van der Waals surface area contributed by atoms with Crippen LogP contribution in [0.1, 0.15) is 52.4 Å². The molecule has 0 radical (unpaired) electrons. The molecule has 0 aromatic heterocycles. The Morgan fingerprint density at radius 1 is 1.25 bits per heavy atom. The van der Waals surface area contributed by atoms with E-state index >= 15 is 0 Å². The molecule has 2 aliphatic rings. The lowest BCUT2D eigenvalue weighted by Crippen LogP contribution is -2.49. The number of hydrogen-bond donors (Lipinski definition) is 1. The molecule has 2 heteroatoms. The van der Waals surface area contributed by atoms with E-state index in [9.17, 15) is 0 Å². The summed E-state index contributed by atoms with van der Waals surface area (Å²) in [4.78, 5) is 2.66. The van der Waals surface area contributed by atoms with Crippen LogP contribution >= 0.6 is 0 Å². The summed E-state index contributed by atoms with van der Waals surface area (Å²) in [5.74, 6) is 0.890. The minimum atomic E-state index is 0.727. The van der Waals surface area contributed by atoms with Crippen molar-refractivity contribution in [3.63, 3.8) is 0 Å². The molecule has 0 spiro atoms. The van der Waals surface area contributed by atoms with Gasteiger partial charge in [0.25, 0.3) is 0 Å². The van der Waals surface area contributed by atoms with Crippen molar-refractivity contribution in [1.29, 1.82) is 0 Å². The summed E-state index contributed by atoms with van der Waals surface area (Å²) in [6.07, 6.45) is 8.40. The van der Waals surface area contributed by atoms with Crippen molar-refractivity contribution in [1.82, 2.24) is 10.2 Å². The maximum Gasteiger partial charge on any atom is 0.00818 e. The van der Waals surface area contributed by atoms with Gasteiger partial charge in [-0.3, -0.25) is 0 Å². The SMILES string of the molecule is CCCN1CCCC(C(C)NC2CCC2)C1. The molecule has 2 atom stereocenters. The molecule has 1 saturated carbocycles. The minimum Gasteiger partial charge on any atom is -0.311 e. The summed E-state index contributed by atoms with van der Waals surface area (Å²) in [5, 5.41) is 3.82. The zero-order chi connectivity index (χ0) is 11.4. The van der Waals surface area contributed by atoms with Crippen molar-refractivity contribution in [3.05, 3.63) is 0 Å². The predicted molar refractivity (Wildman–Crippen MR) is 69.7 cm³/mol. The van der Waals surface area contributed by atoms with Gasteiger partial charge in [-0.15, -0.1) is 0 Å². The molecular formula is C14H28N2. The summed E-state index contributed by atoms with van der Waals surface area (Å²) < 4.78 is 0. The van der Waals surface area contributed by atoms with E-state index in [0.29, 0.717) is 0 Å². The standard InChI is InChI=1S/C14H28N2/c1-3-9-16-10-5-6-13(11-16)12(2)15-14-7-4-8-14/h12-15H,3-11H2,1-2H3. The summed E-state index contributed by atoms with van der Waals surface area (Å²) in [7, 11) is 0. The molecule has 1 N–H and O–H groups in total. The summed E-state index contributed by atoms with van der Waals surface area (Å²) in [6.45, 7) is 8.65. The van der Waals surface area contributed by atoms with E-state index in [0.717, 1.165) is 18.0 Å². The molecule has 0 amide bonds. The molecule has 2 unspecified atom stereocenters. The van der Waals surface area contributed by atoms with Gasteiger partial charge in [0.2, 0.25) is 0 Å². The van der Waals surface area contributed by atoms with E-state index < -0.39 is 0 Å². The monoisotopic (exact) mass is 224 g/mol. The highest BCUT2D eigenvalue weighted by Crippen LogP contribution is 2.24. The highest BCUT2D eigenvalue weighted by atomic mass is 15.1. The van der Waals surface area contributed by atoms with Crippen LogP contribution in [0.2, 0.25) is 0 Å². The Morgan fingerprint density at radius 3 is 2.69 bits per heavy atom. The predicted octanol–water partition coefficient (Wildman–Crippen LogP) is 2.64. The Bertz CT molecular complexity index is 199. The van der Waals surface area contributed by atoms with Crippen LogP contribution < -0.4 is 5.32 Å². The lowest BCUT2D eigenvalue weighted by atomic mass is 9.87. The fraction of sp³-hybridized carbons (Fsp3) is 1.00. The Kier molecular flexibility index (Phi) is 4.66. The van der Waals surface area contributed by atoms with Crippen LogP contribution in [0.5, 0.6) is 0 Å². The molecule has 1 saturated heterocycles. The molecule has 94 valence electrons. The number of nitrogens with one attached hydrogen (secondary N) is 1. The second-order valence-electron chi connectivity index (χ2n) is 5.79. The van der Waals surface area contributed by atoms with Gasteiger partial charge in [-0.25, -0.2) is 0 Å². The summed E-state index contributed by atoms with van der Waals surface area (Å²) >= 11 is 0. The lowest BCUT2D eigenvalue weighted by Gasteiger charge is -2.39.